The number of carbonyl (C=O) groups excluding carboxylic acids is 1. The molecule has 1 aliphatic rings. The second kappa shape index (κ2) is 7.54. The second-order valence-corrected chi connectivity index (χ2v) is 9.31. The number of hydrogen-bond acceptors (Lipinski definition) is 3. The van der Waals surface area contributed by atoms with Crippen LogP contribution in [-0.4, -0.2) is 48.2 Å². The van der Waals surface area contributed by atoms with Crippen LogP contribution in [0.1, 0.15) is 25.1 Å². The molecule has 0 saturated carbocycles. The molecule has 3 rings (SSSR count). The summed E-state index contributed by atoms with van der Waals surface area (Å²) in [6.07, 6.45) is 2.81. The van der Waals surface area contributed by atoms with Gasteiger partial charge >= 0.3 is 0 Å². The van der Waals surface area contributed by atoms with E-state index in [4.69, 9.17) is 0 Å². The Balaban J connectivity index is 1.76. The van der Waals surface area contributed by atoms with Crippen LogP contribution in [0.15, 0.2) is 52.0 Å². The fourth-order valence-electron chi connectivity index (χ4n) is 3.35. The summed E-state index contributed by atoms with van der Waals surface area (Å²) in [5, 5.41) is 0. The minimum absolute atomic E-state index is 0.0185. The summed E-state index contributed by atoms with van der Waals surface area (Å²) in [6.45, 7) is 3.18. The Morgan fingerprint density at radius 2 is 1.92 bits per heavy atom. The van der Waals surface area contributed by atoms with Crippen molar-refractivity contribution in [2.45, 2.75) is 30.8 Å². The smallest absolute Gasteiger partial charge is 0.243 e. The highest BCUT2D eigenvalue weighted by Crippen LogP contribution is 2.29. The Morgan fingerprint density at radius 3 is 2.58 bits per heavy atom. The van der Waals surface area contributed by atoms with Gasteiger partial charge in [-0.3, -0.25) is 4.79 Å². The normalized spacial score (nSPS) is 17.4. The highest BCUT2D eigenvalue weighted by molar-refractivity contribution is 9.10. The number of fused-ring (bicyclic) bond motifs is 1. The summed E-state index contributed by atoms with van der Waals surface area (Å²) in [6, 6.07) is 10.4. The van der Waals surface area contributed by atoms with E-state index in [1.165, 1.54) is 19.2 Å². The molecule has 0 radical (unpaired) electrons. The van der Waals surface area contributed by atoms with Crippen molar-refractivity contribution in [1.82, 2.24) is 13.8 Å². The van der Waals surface area contributed by atoms with Crippen LogP contribution in [0.2, 0.25) is 0 Å². The molecular formula is C18H22BrN3O3S. The predicted molar refractivity (Wildman–Crippen MR) is 103 cm³/mol. The van der Waals surface area contributed by atoms with Crippen molar-refractivity contribution in [1.29, 1.82) is 0 Å². The standard InChI is InChI=1S/C18H22BrN3O3S/c1-3-16-17-5-4-10-21(17)11-12-22(16)18(23)13-20(2)26(24,25)15-8-6-14(19)7-9-15/h4-10,16H,3,11-13H2,1-2H3/t16-/m1/s1. The average molecular weight is 440 g/mol. The number of sulfonamides is 1. The van der Waals surface area contributed by atoms with E-state index >= 15 is 0 Å². The van der Waals surface area contributed by atoms with Crippen molar-refractivity contribution >= 4 is 31.9 Å². The molecule has 8 heteroatoms. The Labute approximate surface area is 162 Å². The summed E-state index contributed by atoms with van der Waals surface area (Å²) < 4.78 is 29.5. The third-order valence-electron chi connectivity index (χ3n) is 4.75. The Kier molecular flexibility index (Phi) is 5.55. The third-order valence-corrected chi connectivity index (χ3v) is 7.10. The molecule has 0 unspecified atom stereocenters. The van der Waals surface area contributed by atoms with Crippen LogP contribution in [0.5, 0.6) is 0 Å². The highest BCUT2D eigenvalue weighted by atomic mass is 79.9. The number of amides is 1. The van der Waals surface area contributed by atoms with Crippen molar-refractivity contribution in [3.8, 4) is 0 Å². The van der Waals surface area contributed by atoms with Gasteiger partial charge in [0.25, 0.3) is 0 Å². The van der Waals surface area contributed by atoms with Gasteiger partial charge in [0.15, 0.2) is 0 Å². The van der Waals surface area contributed by atoms with Gasteiger partial charge in [0.05, 0.1) is 17.5 Å². The maximum absolute atomic E-state index is 12.8. The second-order valence-electron chi connectivity index (χ2n) is 6.35. The number of nitrogens with zero attached hydrogens (tertiary/aromatic N) is 3. The van der Waals surface area contributed by atoms with E-state index in [0.717, 1.165) is 27.4 Å². The lowest BCUT2D eigenvalue weighted by molar-refractivity contribution is -0.134. The van der Waals surface area contributed by atoms with Gasteiger partial charge < -0.3 is 9.47 Å². The van der Waals surface area contributed by atoms with Crippen molar-refractivity contribution in [3.05, 3.63) is 52.8 Å². The van der Waals surface area contributed by atoms with Gasteiger partial charge in [0.2, 0.25) is 15.9 Å². The monoisotopic (exact) mass is 439 g/mol. The van der Waals surface area contributed by atoms with Gasteiger partial charge in [0.1, 0.15) is 0 Å². The Bertz CT molecular complexity index is 893. The third kappa shape index (κ3) is 3.58. The lowest BCUT2D eigenvalue weighted by Crippen LogP contribution is -2.46. The summed E-state index contributed by atoms with van der Waals surface area (Å²) in [4.78, 5) is 14.8. The number of likely N-dealkylation sites (N-methyl/N-ethyl adjacent to an activating group) is 1. The summed E-state index contributed by atoms with van der Waals surface area (Å²) in [5.41, 5.74) is 1.10. The molecule has 26 heavy (non-hydrogen) atoms. The lowest BCUT2D eigenvalue weighted by Gasteiger charge is -2.37. The first-order chi connectivity index (χ1) is 12.3. The van der Waals surface area contributed by atoms with Crippen LogP contribution in [0.4, 0.5) is 0 Å². The van der Waals surface area contributed by atoms with Crippen LogP contribution in [-0.2, 0) is 21.4 Å². The summed E-state index contributed by atoms with van der Waals surface area (Å²) >= 11 is 3.29. The molecule has 2 aromatic rings. The Morgan fingerprint density at radius 1 is 1.23 bits per heavy atom. The first-order valence-electron chi connectivity index (χ1n) is 8.51. The molecule has 0 N–H and O–H groups in total. The van der Waals surface area contributed by atoms with E-state index in [1.807, 2.05) is 25.3 Å². The van der Waals surface area contributed by atoms with Crippen molar-refractivity contribution in [3.63, 3.8) is 0 Å². The van der Waals surface area contributed by atoms with E-state index in [1.54, 1.807) is 17.0 Å². The molecule has 0 fully saturated rings. The average Bonchev–Trinajstić information content (AvgIpc) is 3.09. The summed E-state index contributed by atoms with van der Waals surface area (Å²) in [7, 11) is -2.26. The maximum Gasteiger partial charge on any atom is 0.243 e. The highest BCUT2D eigenvalue weighted by Gasteiger charge is 2.32. The van der Waals surface area contributed by atoms with Gasteiger partial charge in [-0.2, -0.15) is 4.31 Å². The SMILES string of the molecule is CC[C@@H]1c2cccn2CCN1C(=O)CN(C)S(=O)(=O)c1ccc(Br)cc1. The summed E-state index contributed by atoms with van der Waals surface area (Å²) in [5.74, 6) is -0.174. The first-order valence-corrected chi connectivity index (χ1v) is 10.7. The predicted octanol–water partition coefficient (Wildman–Crippen LogP) is 2.86. The molecule has 0 aliphatic carbocycles. The molecule has 0 saturated heterocycles. The number of hydrogen-bond donors (Lipinski definition) is 0. The molecule has 2 heterocycles. The molecule has 0 spiro atoms. The molecule has 1 amide bonds. The van der Waals surface area contributed by atoms with E-state index in [2.05, 4.69) is 20.5 Å². The van der Waals surface area contributed by atoms with Crippen LogP contribution in [0, 0.1) is 0 Å². The minimum Gasteiger partial charge on any atom is -0.348 e. The number of aromatic nitrogens is 1. The van der Waals surface area contributed by atoms with Crippen LogP contribution >= 0.6 is 15.9 Å². The number of halogens is 1. The first kappa shape index (κ1) is 19.1. The van der Waals surface area contributed by atoms with Crippen LogP contribution < -0.4 is 0 Å². The van der Waals surface area contributed by atoms with E-state index in [9.17, 15) is 13.2 Å². The molecule has 1 aromatic heterocycles. The zero-order valence-electron chi connectivity index (χ0n) is 14.8. The molecule has 0 bridgehead atoms. The molecule has 6 nitrogen and oxygen atoms in total. The van der Waals surface area contributed by atoms with E-state index in [0.29, 0.717) is 6.54 Å². The largest absolute Gasteiger partial charge is 0.348 e. The van der Waals surface area contributed by atoms with E-state index < -0.39 is 10.0 Å². The topological polar surface area (TPSA) is 62.6 Å². The van der Waals surface area contributed by atoms with Gasteiger partial charge in [0, 0.05) is 36.5 Å². The molecule has 140 valence electrons. The quantitative estimate of drug-likeness (QED) is 0.719. The molecule has 1 atom stereocenters. The molecule has 1 aliphatic heterocycles. The lowest BCUT2D eigenvalue weighted by atomic mass is 10.1. The van der Waals surface area contributed by atoms with E-state index in [-0.39, 0.29) is 23.4 Å². The van der Waals surface area contributed by atoms with Crippen molar-refractivity contribution < 1.29 is 13.2 Å². The van der Waals surface area contributed by atoms with Crippen LogP contribution in [0.3, 0.4) is 0 Å². The zero-order valence-corrected chi connectivity index (χ0v) is 17.2. The fourth-order valence-corrected chi connectivity index (χ4v) is 4.73. The van der Waals surface area contributed by atoms with Gasteiger partial charge in [-0.05, 0) is 42.8 Å². The molecule has 1 aromatic carbocycles. The van der Waals surface area contributed by atoms with Gasteiger partial charge in [-0.1, -0.05) is 22.9 Å². The number of carbonyl (C=O) groups is 1. The number of rotatable bonds is 5. The molecular weight excluding hydrogens is 418 g/mol. The van der Waals surface area contributed by atoms with Gasteiger partial charge in [-0.25, -0.2) is 8.42 Å². The fraction of sp³-hybridized carbons (Fsp3) is 0.389. The zero-order chi connectivity index (χ0) is 18.9. The van der Waals surface area contributed by atoms with Crippen molar-refractivity contribution in [2.24, 2.45) is 0 Å². The van der Waals surface area contributed by atoms with Crippen LogP contribution in [0.25, 0.3) is 0 Å². The van der Waals surface area contributed by atoms with Crippen molar-refractivity contribution in [2.75, 3.05) is 20.1 Å². The minimum atomic E-state index is -3.70. The number of benzene rings is 1. The maximum atomic E-state index is 12.8. The Hall–Kier alpha value is -1.64. The van der Waals surface area contributed by atoms with Gasteiger partial charge in [-0.15, -0.1) is 0 Å².